The normalized spacial score (nSPS) is 10.4. The quantitative estimate of drug-likeness (QED) is 0.771. The van der Waals surface area contributed by atoms with Gasteiger partial charge >= 0.3 is 0 Å². The second-order valence-electron chi connectivity index (χ2n) is 3.88. The van der Waals surface area contributed by atoms with Gasteiger partial charge < -0.3 is 9.84 Å². The third-order valence-electron chi connectivity index (χ3n) is 2.48. The van der Waals surface area contributed by atoms with Crippen LogP contribution in [0.2, 0.25) is 5.02 Å². The fraction of sp³-hybridized carbons (Fsp3) is 0. The molecule has 3 rings (SSSR count). The van der Waals surface area contributed by atoms with Crippen LogP contribution in [0.25, 0.3) is 11.5 Å². The van der Waals surface area contributed by atoms with E-state index in [-0.39, 0.29) is 5.69 Å². The zero-order valence-corrected chi connectivity index (χ0v) is 10.8. The zero-order chi connectivity index (χ0) is 13.9. The van der Waals surface area contributed by atoms with Crippen LogP contribution in [-0.2, 0) is 0 Å². The number of hydrogen-bond acceptors (Lipinski definition) is 5. The van der Waals surface area contributed by atoms with Crippen molar-refractivity contribution in [2.75, 3.05) is 5.32 Å². The van der Waals surface area contributed by atoms with E-state index < -0.39 is 5.91 Å². The maximum absolute atomic E-state index is 11.9. The Balaban J connectivity index is 1.79. The fourth-order valence-corrected chi connectivity index (χ4v) is 1.65. The van der Waals surface area contributed by atoms with Gasteiger partial charge in [0.05, 0.1) is 16.9 Å². The Kier molecular flexibility index (Phi) is 3.18. The smallest absolute Gasteiger partial charge is 0.277 e. The molecule has 0 unspecified atom stereocenters. The van der Waals surface area contributed by atoms with E-state index in [0.717, 1.165) is 0 Å². The van der Waals surface area contributed by atoms with E-state index in [2.05, 4.69) is 25.7 Å². The Labute approximate surface area is 118 Å². The van der Waals surface area contributed by atoms with E-state index in [1.807, 2.05) is 0 Å². The number of rotatable bonds is 3. The lowest BCUT2D eigenvalue weighted by molar-refractivity contribution is 0.101. The van der Waals surface area contributed by atoms with Crippen molar-refractivity contribution in [3.05, 3.63) is 47.5 Å². The average molecular weight is 290 g/mol. The number of aromatic nitrogens is 4. The molecule has 1 amide bonds. The summed E-state index contributed by atoms with van der Waals surface area (Å²) >= 11 is 5.75. The number of pyridine rings is 1. The molecule has 2 N–H and O–H groups in total. The molecule has 0 aromatic carbocycles. The van der Waals surface area contributed by atoms with Crippen molar-refractivity contribution in [3.8, 4) is 11.5 Å². The second-order valence-corrected chi connectivity index (χ2v) is 4.32. The van der Waals surface area contributed by atoms with E-state index in [1.54, 1.807) is 18.3 Å². The Morgan fingerprint density at radius 2 is 2.25 bits per heavy atom. The number of carbonyl (C=O) groups excluding carboxylic acids is 1. The molecule has 3 aromatic rings. The number of amides is 1. The van der Waals surface area contributed by atoms with Crippen LogP contribution in [0, 0.1) is 0 Å². The number of aromatic amines is 1. The first-order chi connectivity index (χ1) is 9.72. The minimum atomic E-state index is -0.393. The average Bonchev–Trinajstić information content (AvgIpc) is 3.10. The lowest BCUT2D eigenvalue weighted by atomic mass is 10.2. The first-order valence-corrected chi connectivity index (χ1v) is 5.99. The van der Waals surface area contributed by atoms with E-state index in [9.17, 15) is 4.79 Å². The largest absolute Gasteiger partial charge is 0.354 e. The van der Waals surface area contributed by atoms with Gasteiger partial charge in [-0.25, -0.2) is 0 Å². The molecule has 20 heavy (non-hydrogen) atoms. The van der Waals surface area contributed by atoms with Crippen molar-refractivity contribution in [3.63, 3.8) is 0 Å². The predicted molar refractivity (Wildman–Crippen MR) is 71.3 cm³/mol. The van der Waals surface area contributed by atoms with Crippen LogP contribution in [-0.4, -0.2) is 26.2 Å². The van der Waals surface area contributed by atoms with Gasteiger partial charge in [0.2, 0.25) is 0 Å². The van der Waals surface area contributed by atoms with E-state index in [1.165, 1.54) is 18.5 Å². The Bertz CT molecular complexity index is 721. The molecule has 8 heteroatoms. The highest BCUT2D eigenvalue weighted by atomic mass is 35.5. The molecule has 3 aromatic heterocycles. The third kappa shape index (κ3) is 2.52. The van der Waals surface area contributed by atoms with Gasteiger partial charge in [0.15, 0.2) is 11.5 Å². The van der Waals surface area contributed by atoms with Crippen LogP contribution < -0.4 is 5.32 Å². The summed E-state index contributed by atoms with van der Waals surface area (Å²) in [7, 11) is 0. The summed E-state index contributed by atoms with van der Waals surface area (Å²) in [6.45, 7) is 0. The topological polar surface area (TPSA) is 96.7 Å². The first-order valence-electron chi connectivity index (χ1n) is 5.61. The molecular weight excluding hydrogens is 282 g/mol. The second kappa shape index (κ2) is 5.14. The SMILES string of the molecule is O=C(Nc1cn[nH]c1)c1cc(-c2ccc(Cl)cn2)on1. The number of nitrogens with one attached hydrogen (secondary N) is 2. The van der Waals surface area contributed by atoms with Crippen molar-refractivity contribution in [2.45, 2.75) is 0 Å². The number of H-pyrrole nitrogens is 1. The maximum Gasteiger partial charge on any atom is 0.277 e. The van der Waals surface area contributed by atoms with Crippen LogP contribution in [0.3, 0.4) is 0 Å². The van der Waals surface area contributed by atoms with Crippen molar-refractivity contribution in [1.82, 2.24) is 20.3 Å². The van der Waals surface area contributed by atoms with Crippen molar-refractivity contribution < 1.29 is 9.32 Å². The first kappa shape index (κ1) is 12.4. The summed E-state index contributed by atoms with van der Waals surface area (Å²) in [5.74, 6) is -0.00521. The summed E-state index contributed by atoms with van der Waals surface area (Å²) in [6, 6.07) is 4.86. The van der Waals surface area contributed by atoms with Gasteiger partial charge in [-0.15, -0.1) is 0 Å². The van der Waals surface area contributed by atoms with E-state index in [4.69, 9.17) is 16.1 Å². The Morgan fingerprint density at radius 1 is 1.35 bits per heavy atom. The highest BCUT2D eigenvalue weighted by molar-refractivity contribution is 6.30. The van der Waals surface area contributed by atoms with Gasteiger partial charge in [-0.1, -0.05) is 16.8 Å². The van der Waals surface area contributed by atoms with Gasteiger partial charge in [-0.05, 0) is 12.1 Å². The molecule has 0 saturated carbocycles. The summed E-state index contributed by atoms with van der Waals surface area (Å²) in [6.07, 6.45) is 4.53. The third-order valence-corrected chi connectivity index (χ3v) is 2.70. The molecule has 0 spiro atoms. The van der Waals surface area contributed by atoms with Crippen LogP contribution in [0.4, 0.5) is 5.69 Å². The summed E-state index contributed by atoms with van der Waals surface area (Å²) in [5.41, 5.74) is 1.24. The minimum Gasteiger partial charge on any atom is -0.354 e. The Hall–Kier alpha value is -2.67. The van der Waals surface area contributed by atoms with Gasteiger partial charge in [-0.2, -0.15) is 5.10 Å². The number of nitrogens with zero attached hydrogens (tertiary/aromatic N) is 3. The highest BCUT2D eigenvalue weighted by Crippen LogP contribution is 2.20. The molecule has 0 aliphatic heterocycles. The molecular formula is C12H8ClN5O2. The van der Waals surface area contributed by atoms with Gasteiger partial charge in [-0.3, -0.25) is 14.9 Å². The van der Waals surface area contributed by atoms with E-state index in [0.29, 0.717) is 22.2 Å². The fourth-order valence-electron chi connectivity index (χ4n) is 1.54. The minimum absolute atomic E-state index is 0.151. The number of carbonyl (C=O) groups is 1. The standard InChI is InChI=1S/C12H8ClN5O2/c13-7-1-2-9(14-4-7)11-3-10(18-20-11)12(19)17-8-5-15-16-6-8/h1-6H,(H,15,16)(H,17,19). The number of anilines is 1. The monoisotopic (exact) mass is 289 g/mol. The maximum atomic E-state index is 11.9. The van der Waals surface area contributed by atoms with Crippen LogP contribution in [0.5, 0.6) is 0 Å². The predicted octanol–water partition coefficient (Wildman–Crippen LogP) is 2.37. The zero-order valence-electron chi connectivity index (χ0n) is 10.0. The lowest BCUT2D eigenvalue weighted by Gasteiger charge is -1.96. The number of hydrogen-bond donors (Lipinski definition) is 2. The van der Waals surface area contributed by atoms with Gasteiger partial charge in [0.1, 0.15) is 5.69 Å². The summed E-state index contributed by atoms with van der Waals surface area (Å²) in [5, 5.41) is 13.2. The summed E-state index contributed by atoms with van der Waals surface area (Å²) < 4.78 is 5.09. The molecule has 0 aliphatic carbocycles. The van der Waals surface area contributed by atoms with Crippen molar-refractivity contribution >= 4 is 23.2 Å². The summed E-state index contributed by atoms with van der Waals surface area (Å²) in [4.78, 5) is 16.0. The van der Waals surface area contributed by atoms with Crippen LogP contribution in [0.1, 0.15) is 10.5 Å². The van der Waals surface area contributed by atoms with Crippen molar-refractivity contribution in [1.29, 1.82) is 0 Å². The molecule has 0 atom stereocenters. The van der Waals surface area contributed by atoms with E-state index >= 15 is 0 Å². The lowest BCUT2D eigenvalue weighted by Crippen LogP contribution is -2.11. The van der Waals surface area contributed by atoms with Crippen LogP contribution >= 0.6 is 11.6 Å². The molecule has 0 saturated heterocycles. The van der Waals surface area contributed by atoms with Gasteiger partial charge in [0.25, 0.3) is 5.91 Å². The van der Waals surface area contributed by atoms with Crippen LogP contribution in [0.15, 0.2) is 41.3 Å². The molecule has 0 fully saturated rings. The molecule has 3 heterocycles. The Morgan fingerprint density at radius 3 is 2.95 bits per heavy atom. The molecule has 0 aliphatic rings. The molecule has 0 radical (unpaired) electrons. The van der Waals surface area contributed by atoms with Crippen molar-refractivity contribution in [2.24, 2.45) is 0 Å². The molecule has 0 bridgehead atoms. The van der Waals surface area contributed by atoms with Gasteiger partial charge in [0, 0.05) is 18.5 Å². The molecule has 7 nitrogen and oxygen atoms in total. The highest BCUT2D eigenvalue weighted by Gasteiger charge is 2.14. The molecule has 100 valence electrons. The number of halogens is 1.